The lowest BCUT2D eigenvalue weighted by Gasteiger charge is -2.26. The number of nitrogens with two attached hydrogens (primary N) is 1. The number of carbonyl (C=O) groups is 1. The number of primary amides is 1. The average Bonchev–Trinajstić information content (AvgIpc) is 3.32. The minimum Gasteiger partial charge on any atom is -0.495 e. The van der Waals surface area contributed by atoms with E-state index in [4.69, 9.17) is 10.5 Å². The van der Waals surface area contributed by atoms with Crippen LogP contribution in [0.5, 0.6) is 5.75 Å². The standard InChI is InChI=1S/C27H32N6O2/c1-33-11-10-19-14-24(35-2)23(13-20(19)16-33)31-27-29-15-22(25(28)34)26(32-27)30-21-9-8-18(12-21)17-6-4-3-5-7-17/h3-7,13-15,18,21H,8-12,16H2,1-2H3,(H2,28,34)(H2,29,30,31,32). The average molecular weight is 473 g/mol. The van der Waals surface area contributed by atoms with Gasteiger partial charge in [-0.1, -0.05) is 30.3 Å². The number of methoxy groups -OCH3 is 1. The van der Waals surface area contributed by atoms with Gasteiger partial charge in [0.15, 0.2) is 0 Å². The molecule has 2 atom stereocenters. The monoisotopic (exact) mass is 472 g/mol. The van der Waals surface area contributed by atoms with Crippen molar-refractivity contribution in [3.63, 3.8) is 0 Å². The van der Waals surface area contributed by atoms with E-state index in [-0.39, 0.29) is 11.6 Å². The molecule has 8 heteroatoms. The Kier molecular flexibility index (Phi) is 6.55. The molecule has 0 spiro atoms. The molecule has 0 radical (unpaired) electrons. The van der Waals surface area contributed by atoms with Crippen LogP contribution in [0.15, 0.2) is 48.7 Å². The van der Waals surface area contributed by atoms with Gasteiger partial charge in [0.1, 0.15) is 11.6 Å². The first-order chi connectivity index (χ1) is 17.0. The van der Waals surface area contributed by atoms with Crippen LogP contribution in [0.4, 0.5) is 17.5 Å². The number of fused-ring (bicyclic) bond motifs is 1. The number of benzene rings is 2. The fourth-order valence-electron chi connectivity index (χ4n) is 5.18. The highest BCUT2D eigenvalue weighted by atomic mass is 16.5. The summed E-state index contributed by atoms with van der Waals surface area (Å²) >= 11 is 0. The summed E-state index contributed by atoms with van der Waals surface area (Å²) in [4.78, 5) is 23.4. The lowest BCUT2D eigenvalue weighted by molar-refractivity contribution is 0.100. The molecule has 182 valence electrons. The minimum absolute atomic E-state index is 0.204. The van der Waals surface area contributed by atoms with E-state index < -0.39 is 5.91 Å². The largest absolute Gasteiger partial charge is 0.495 e. The van der Waals surface area contributed by atoms with Crippen LogP contribution in [0.3, 0.4) is 0 Å². The molecule has 0 saturated heterocycles. The molecule has 2 aliphatic rings. The van der Waals surface area contributed by atoms with Crippen LogP contribution in [0.25, 0.3) is 0 Å². The van der Waals surface area contributed by atoms with Crippen LogP contribution in [0, 0.1) is 0 Å². The van der Waals surface area contributed by atoms with Crippen LogP contribution < -0.4 is 21.1 Å². The van der Waals surface area contributed by atoms with Crippen LogP contribution in [-0.4, -0.2) is 47.5 Å². The Bertz CT molecular complexity index is 1220. The molecule has 2 unspecified atom stereocenters. The highest BCUT2D eigenvalue weighted by Gasteiger charge is 2.27. The van der Waals surface area contributed by atoms with Gasteiger partial charge >= 0.3 is 0 Å². The Morgan fingerprint density at radius 3 is 2.77 bits per heavy atom. The first-order valence-corrected chi connectivity index (χ1v) is 12.1. The van der Waals surface area contributed by atoms with Crippen LogP contribution >= 0.6 is 0 Å². The third-order valence-corrected chi connectivity index (χ3v) is 7.07. The molecule has 1 fully saturated rings. The summed E-state index contributed by atoms with van der Waals surface area (Å²) in [5, 5.41) is 6.77. The second kappa shape index (κ2) is 9.92. The van der Waals surface area contributed by atoms with Gasteiger partial charge in [-0.05, 0) is 67.5 Å². The maximum absolute atomic E-state index is 12.1. The number of hydrogen-bond donors (Lipinski definition) is 3. The summed E-state index contributed by atoms with van der Waals surface area (Å²) in [6, 6.07) is 14.9. The third kappa shape index (κ3) is 5.07. The third-order valence-electron chi connectivity index (χ3n) is 7.07. The van der Waals surface area contributed by atoms with E-state index >= 15 is 0 Å². The molecule has 2 heterocycles. The summed E-state index contributed by atoms with van der Waals surface area (Å²) in [6.07, 6.45) is 5.54. The molecule has 35 heavy (non-hydrogen) atoms. The highest BCUT2D eigenvalue weighted by molar-refractivity contribution is 5.97. The molecule has 2 aromatic carbocycles. The van der Waals surface area contributed by atoms with Crippen molar-refractivity contribution < 1.29 is 9.53 Å². The van der Waals surface area contributed by atoms with E-state index in [0.717, 1.165) is 50.2 Å². The Morgan fingerprint density at radius 2 is 2.00 bits per heavy atom. The zero-order valence-electron chi connectivity index (χ0n) is 20.3. The topological polar surface area (TPSA) is 105 Å². The number of carbonyl (C=O) groups excluding carboxylic acids is 1. The van der Waals surface area contributed by atoms with Crippen molar-refractivity contribution in [3.05, 3.63) is 70.9 Å². The Hall–Kier alpha value is -3.65. The van der Waals surface area contributed by atoms with Crippen LogP contribution in [0.1, 0.15) is 52.2 Å². The first-order valence-electron chi connectivity index (χ1n) is 12.1. The molecule has 1 amide bonds. The summed E-state index contributed by atoms with van der Waals surface area (Å²) in [6.45, 7) is 1.91. The summed E-state index contributed by atoms with van der Waals surface area (Å²) in [5.41, 5.74) is 10.6. The van der Waals surface area contributed by atoms with Gasteiger partial charge in [-0.2, -0.15) is 4.98 Å². The second-order valence-electron chi connectivity index (χ2n) is 9.52. The number of hydrogen-bond acceptors (Lipinski definition) is 7. The molecule has 3 aromatic rings. The predicted molar refractivity (Wildman–Crippen MR) is 137 cm³/mol. The Labute approximate surface area is 205 Å². The number of nitrogens with zero attached hydrogens (tertiary/aromatic N) is 3. The predicted octanol–water partition coefficient (Wildman–Crippen LogP) is 4.06. The van der Waals surface area contributed by atoms with E-state index in [2.05, 4.69) is 68.9 Å². The van der Waals surface area contributed by atoms with Crippen molar-refractivity contribution in [2.75, 3.05) is 31.3 Å². The van der Waals surface area contributed by atoms with Gasteiger partial charge in [0.25, 0.3) is 5.91 Å². The fourth-order valence-corrected chi connectivity index (χ4v) is 5.18. The lowest BCUT2D eigenvalue weighted by Crippen LogP contribution is -2.26. The molecule has 1 aliphatic carbocycles. The minimum atomic E-state index is -0.550. The lowest BCUT2D eigenvalue weighted by atomic mass is 9.98. The maximum Gasteiger partial charge on any atom is 0.254 e. The number of aromatic nitrogens is 2. The number of anilines is 3. The van der Waals surface area contributed by atoms with Crippen molar-refractivity contribution in [3.8, 4) is 5.75 Å². The number of amides is 1. The van der Waals surface area contributed by atoms with Gasteiger partial charge in [-0.3, -0.25) is 4.79 Å². The molecule has 0 bridgehead atoms. The van der Waals surface area contributed by atoms with Gasteiger partial charge in [-0.25, -0.2) is 4.98 Å². The van der Waals surface area contributed by atoms with Gasteiger partial charge in [0, 0.05) is 25.3 Å². The van der Waals surface area contributed by atoms with Crippen molar-refractivity contribution in [1.29, 1.82) is 0 Å². The van der Waals surface area contributed by atoms with Gasteiger partial charge in [-0.15, -0.1) is 0 Å². The van der Waals surface area contributed by atoms with Crippen molar-refractivity contribution in [1.82, 2.24) is 14.9 Å². The number of nitrogens with one attached hydrogen (secondary N) is 2. The van der Waals surface area contributed by atoms with Gasteiger partial charge in [0.05, 0.1) is 18.4 Å². The Morgan fingerprint density at radius 1 is 1.17 bits per heavy atom. The molecule has 4 N–H and O–H groups in total. The fraction of sp³-hybridized carbons (Fsp3) is 0.370. The van der Waals surface area contributed by atoms with Crippen molar-refractivity contribution >= 4 is 23.4 Å². The molecule has 1 saturated carbocycles. The van der Waals surface area contributed by atoms with Gasteiger partial charge in [0.2, 0.25) is 5.95 Å². The molecular formula is C27H32N6O2. The number of likely N-dealkylation sites (N-methyl/N-ethyl adjacent to an activating group) is 1. The van der Waals surface area contributed by atoms with Crippen molar-refractivity contribution in [2.24, 2.45) is 5.73 Å². The van der Waals surface area contributed by atoms with E-state index in [9.17, 15) is 4.79 Å². The highest BCUT2D eigenvalue weighted by Crippen LogP contribution is 2.36. The molecule has 1 aliphatic heterocycles. The zero-order chi connectivity index (χ0) is 24.4. The second-order valence-corrected chi connectivity index (χ2v) is 9.52. The first kappa shape index (κ1) is 23.1. The van der Waals surface area contributed by atoms with Crippen molar-refractivity contribution in [2.45, 2.75) is 44.2 Å². The maximum atomic E-state index is 12.1. The summed E-state index contributed by atoms with van der Waals surface area (Å²) < 4.78 is 5.64. The van der Waals surface area contributed by atoms with E-state index in [0.29, 0.717) is 17.7 Å². The quantitative estimate of drug-likeness (QED) is 0.476. The summed E-state index contributed by atoms with van der Waals surface area (Å²) in [7, 11) is 3.78. The number of ether oxygens (including phenoxy) is 1. The van der Waals surface area contributed by atoms with E-state index in [1.54, 1.807) is 7.11 Å². The van der Waals surface area contributed by atoms with Crippen LogP contribution in [0.2, 0.25) is 0 Å². The SMILES string of the molecule is COc1cc2c(cc1Nc1ncc(C(N)=O)c(NC3CCC(c4ccccc4)C3)n1)CN(C)CC2. The normalized spacial score (nSPS) is 19.7. The zero-order valence-corrected chi connectivity index (χ0v) is 20.3. The van der Waals surface area contributed by atoms with E-state index in [1.165, 1.54) is 22.9 Å². The van der Waals surface area contributed by atoms with Gasteiger partial charge < -0.3 is 26.0 Å². The molecular weight excluding hydrogens is 440 g/mol. The van der Waals surface area contributed by atoms with Crippen LogP contribution in [-0.2, 0) is 13.0 Å². The molecule has 8 nitrogen and oxygen atoms in total. The molecule has 1 aromatic heterocycles. The Balaban J connectivity index is 1.37. The molecule has 5 rings (SSSR count). The summed E-state index contributed by atoms with van der Waals surface area (Å²) in [5.74, 6) is 1.53. The number of rotatable bonds is 7. The van der Waals surface area contributed by atoms with E-state index in [1.807, 2.05) is 6.07 Å². The smallest absolute Gasteiger partial charge is 0.254 e.